The second-order valence-corrected chi connectivity index (χ2v) is 2.22. The average Bonchev–Trinajstić information content (AvgIpc) is 2.26. The molecule has 1 saturated heterocycles. The molecule has 3 nitrogen and oxygen atoms in total. The van der Waals surface area contributed by atoms with Crippen LogP contribution in [-0.4, -0.2) is 25.7 Å². The number of rotatable bonds is 1. The summed E-state index contributed by atoms with van der Waals surface area (Å²) in [7, 11) is 0. The molecule has 0 amide bonds. The van der Waals surface area contributed by atoms with E-state index in [1.54, 1.807) is 0 Å². The molecular formula is C10H23N3. The molecule has 0 saturated carbocycles. The first-order chi connectivity index (χ1) is 6.43. The van der Waals surface area contributed by atoms with Crippen molar-refractivity contribution >= 4 is 0 Å². The summed E-state index contributed by atoms with van der Waals surface area (Å²) in [5.41, 5.74) is 0. The topological polar surface area (TPSA) is 47.9 Å². The van der Waals surface area contributed by atoms with E-state index in [1.165, 1.54) is 0 Å². The normalized spacial score (nSPS) is 19.8. The second kappa shape index (κ2) is 14.0. The molecule has 0 aromatic heterocycles. The predicted octanol–water partition coefficient (Wildman–Crippen LogP) is 1.51. The summed E-state index contributed by atoms with van der Waals surface area (Å²) >= 11 is 0. The molecule has 1 atom stereocenters. The summed E-state index contributed by atoms with van der Waals surface area (Å²) in [5.74, 6) is 0. The van der Waals surface area contributed by atoms with Gasteiger partial charge in [-0.2, -0.15) is 5.26 Å². The van der Waals surface area contributed by atoms with Crippen LogP contribution >= 0.6 is 0 Å². The van der Waals surface area contributed by atoms with E-state index in [-0.39, 0.29) is 0 Å². The Bertz CT molecular complexity index is 112. The Morgan fingerprint density at radius 1 is 1.23 bits per heavy atom. The van der Waals surface area contributed by atoms with Gasteiger partial charge in [0.1, 0.15) is 0 Å². The zero-order valence-corrected chi connectivity index (χ0v) is 9.35. The summed E-state index contributed by atoms with van der Waals surface area (Å²) in [6.07, 6.45) is 0.618. The number of piperazine rings is 1. The van der Waals surface area contributed by atoms with Crippen molar-refractivity contribution in [2.75, 3.05) is 19.6 Å². The lowest BCUT2D eigenvalue weighted by Gasteiger charge is -2.21. The molecule has 0 aromatic carbocycles. The maximum atomic E-state index is 8.30. The van der Waals surface area contributed by atoms with Gasteiger partial charge in [-0.05, 0) is 0 Å². The smallest absolute Gasteiger partial charge is 0.0638 e. The van der Waals surface area contributed by atoms with Crippen molar-refractivity contribution < 1.29 is 0 Å². The monoisotopic (exact) mass is 185 g/mol. The number of nitrogens with one attached hydrogen (secondary N) is 2. The minimum Gasteiger partial charge on any atom is -0.314 e. The van der Waals surface area contributed by atoms with Crippen LogP contribution in [0, 0.1) is 11.3 Å². The van der Waals surface area contributed by atoms with Crippen LogP contribution in [0.3, 0.4) is 0 Å². The quantitative estimate of drug-likeness (QED) is 0.651. The maximum absolute atomic E-state index is 8.30. The van der Waals surface area contributed by atoms with Gasteiger partial charge in [0.05, 0.1) is 12.5 Å². The lowest BCUT2D eigenvalue weighted by Crippen LogP contribution is -2.47. The van der Waals surface area contributed by atoms with Crippen LogP contribution in [0.25, 0.3) is 0 Å². The first-order valence-corrected chi connectivity index (χ1v) is 5.24. The Morgan fingerprint density at radius 2 is 1.85 bits per heavy atom. The molecule has 0 aliphatic carbocycles. The van der Waals surface area contributed by atoms with Crippen molar-refractivity contribution in [2.24, 2.45) is 0 Å². The van der Waals surface area contributed by atoms with Gasteiger partial charge in [0, 0.05) is 25.7 Å². The van der Waals surface area contributed by atoms with Crippen LogP contribution in [0.4, 0.5) is 0 Å². The lowest BCUT2D eigenvalue weighted by atomic mass is 10.2. The summed E-state index contributed by atoms with van der Waals surface area (Å²) in [4.78, 5) is 0. The lowest BCUT2D eigenvalue weighted by molar-refractivity contribution is 0.423. The largest absolute Gasteiger partial charge is 0.314 e. The molecule has 1 unspecified atom stereocenters. The molecule has 13 heavy (non-hydrogen) atoms. The fraction of sp³-hybridized carbons (Fsp3) is 0.900. The van der Waals surface area contributed by atoms with Gasteiger partial charge in [0.15, 0.2) is 0 Å². The Morgan fingerprint density at radius 3 is 2.23 bits per heavy atom. The van der Waals surface area contributed by atoms with E-state index in [0.29, 0.717) is 12.5 Å². The third-order valence-corrected chi connectivity index (χ3v) is 1.46. The summed E-state index contributed by atoms with van der Waals surface area (Å²) < 4.78 is 0. The van der Waals surface area contributed by atoms with Gasteiger partial charge in [-0.3, -0.25) is 0 Å². The van der Waals surface area contributed by atoms with Crippen molar-refractivity contribution in [3.05, 3.63) is 0 Å². The van der Waals surface area contributed by atoms with Crippen LogP contribution in [0.2, 0.25) is 0 Å². The minimum atomic E-state index is 0.378. The van der Waals surface area contributed by atoms with E-state index in [9.17, 15) is 0 Å². The summed E-state index contributed by atoms with van der Waals surface area (Å²) in [6, 6.07) is 2.51. The molecule has 2 N–H and O–H groups in total. The van der Waals surface area contributed by atoms with E-state index < -0.39 is 0 Å². The average molecular weight is 185 g/mol. The molecule has 0 radical (unpaired) electrons. The number of nitriles is 1. The summed E-state index contributed by atoms with van der Waals surface area (Å²) in [5, 5.41) is 14.7. The van der Waals surface area contributed by atoms with Gasteiger partial charge in [-0.25, -0.2) is 0 Å². The fourth-order valence-electron chi connectivity index (χ4n) is 0.968. The molecule has 0 aromatic rings. The fourth-order valence-corrected chi connectivity index (χ4v) is 0.968. The Hall–Kier alpha value is -0.590. The first-order valence-electron chi connectivity index (χ1n) is 5.24. The highest BCUT2D eigenvalue weighted by Crippen LogP contribution is 1.90. The highest BCUT2D eigenvalue weighted by Gasteiger charge is 2.09. The molecule has 1 heterocycles. The molecule has 3 heteroatoms. The highest BCUT2D eigenvalue weighted by atomic mass is 15.0. The zero-order valence-electron chi connectivity index (χ0n) is 9.35. The standard InChI is InChI=1S/C6H11N3.2C2H6/c7-2-1-6-5-8-3-4-9-6;2*1-2/h6,8-9H,1,3-5H2;2*1-2H3. The minimum absolute atomic E-state index is 0.378. The van der Waals surface area contributed by atoms with Gasteiger partial charge in [0.2, 0.25) is 0 Å². The van der Waals surface area contributed by atoms with Gasteiger partial charge in [0.25, 0.3) is 0 Å². The van der Waals surface area contributed by atoms with Crippen molar-refractivity contribution in [1.29, 1.82) is 5.26 Å². The van der Waals surface area contributed by atoms with Crippen molar-refractivity contribution in [3.8, 4) is 6.07 Å². The zero-order chi connectivity index (χ0) is 10.5. The third-order valence-electron chi connectivity index (χ3n) is 1.46. The number of hydrogen-bond acceptors (Lipinski definition) is 3. The van der Waals surface area contributed by atoms with Crippen LogP contribution in [-0.2, 0) is 0 Å². The van der Waals surface area contributed by atoms with Crippen LogP contribution in [0.15, 0.2) is 0 Å². The van der Waals surface area contributed by atoms with Gasteiger partial charge < -0.3 is 10.6 Å². The van der Waals surface area contributed by atoms with E-state index in [2.05, 4.69) is 16.7 Å². The second-order valence-electron chi connectivity index (χ2n) is 2.22. The first kappa shape index (κ1) is 14.9. The SMILES string of the molecule is CC.CC.N#CCC1CNCCN1. The Labute approximate surface area is 82.5 Å². The van der Waals surface area contributed by atoms with Crippen molar-refractivity contribution in [2.45, 2.75) is 40.2 Å². The van der Waals surface area contributed by atoms with Gasteiger partial charge in [-0.1, -0.05) is 27.7 Å². The number of hydrogen-bond donors (Lipinski definition) is 2. The van der Waals surface area contributed by atoms with Crippen LogP contribution in [0.5, 0.6) is 0 Å². The van der Waals surface area contributed by atoms with E-state index in [0.717, 1.165) is 19.6 Å². The predicted molar refractivity (Wildman–Crippen MR) is 57.6 cm³/mol. The Balaban J connectivity index is 0. The van der Waals surface area contributed by atoms with Crippen molar-refractivity contribution in [3.63, 3.8) is 0 Å². The summed E-state index contributed by atoms with van der Waals surface area (Å²) in [6.45, 7) is 11.0. The third kappa shape index (κ3) is 9.32. The molecule has 78 valence electrons. The van der Waals surface area contributed by atoms with E-state index in [1.807, 2.05) is 27.7 Å². The maximum Gasteiger partial charge on any atom is 0.0638 e. The molecule has 1 aliphatic rings. The van der Waals surface area contributed by atoms with Crippen LogP contribution < -0.4 is 10.6 Å². The molecule has 1 fully saturated rings. The molecular weight excluding hydrogens is 162 g/mol. The van der Waals surface area contributed by atoms with E-state index in [4.69, 9.17) is 5.26 Å². The van der Waals surface area contributed by atoms with Gasteiger partial charge in [-0.15, -0.1) is 0 Å². The Kier molecular flexibility index (Phi) is 16.0. The van der Waals surface area contributed by atoms with Crippen molar-refractivity contribution in [1.82, 2.24) is 10.6 Å². The molecule has 0 spiro atoms. The van der Waals surface area contributed by atoms with Crippen LogP contribution in [0.1, 0.15) is 34.1 Å². The number of nitrogens with zero attached hydrogens (tertiary/aromatic N) is 1. The molecule has 1 rings (SSSR count). The highest BCUT2D eigenvalue weighted by molar-refractivity contribution is 4.84. The molecule has 0 bridgehead atoms. The van der Waals surface area contributed by atoms with E-state index >= 15 is 0 Å². The van der Waals surface area contributed by atoms with Gasteiger partial charge >= 0.3 is 0 Å². The molecule has 1 aliphatic heterocycles.